The van der Waals surface area contributed by atoms with E-state index in [-0.39, 0.29) is 11.3 Å². The maximum absolute atomic E-state index is 10.9. The van der Waals surface area contributed by atoms with Crippen molar-refractivity contribution in [2.45, 2.75) is 0 Å². The first-order chi connectivity index (χ1) is 8.61. The van der Waals surface area contributed by atoms with Gasteiger partial charge in [-0.2, -0.15) is 0 Å². The molecule has 0 aliphatic heterocycles. The monoisotopic (exact) mass is 244 g/mol. The summed E-state index contributed by atoms with van der Waals surface area (Å²) in [4.78, 5) is 10.9. The molecule has 0 aliphatic carbocycles. The van der Waals surface area contributed by atoms with Crippen LogP contribution in [0.25, 0.3) is 11.1 Å². The average molecular weight is 244 g/mol. The second-order valence-corrected chi connectivity index (χ2v) is 3.77. The van der Waals surface area contributed by atoms with Gasteiger partial charge in [-0.3, -0.25) is 0 Å². The lowest BCUT2D eigenvalue weighted by Gasteiger charge is -2.06. The van der Waals surface area contributed by atoms with Crippen molar-refractivity contribution in [2.75, 3.05) is 7.11 Å². The Balaban J connectivity index is 2.50. The minimum Gasteiger partial charge on any atom is -0.507 e. The molecule has 2 N–H and O–H groups in total. The summed E-state index contributed by atoms with van der Waals surface area (Å²) < 4.78 is 5.11. The van der Waals surface area contributed by atoms with E-state index in [0.717, 1.165) is 5.56 Å². The highest BCUT2D eigenvalue weighted by Gasteiger charge is 2.11. The molecular weight excluding hydrogens is 232 g/mol. The van der Waals surface area contributed by atoms with Gasteiger partial charge in [-0.1, -0.05) is 18.2 Å². The van der Waals surface area contributed by atoms with Gasteiger partial charge in [0.15, 0.2) is 0 Å². The Morgan fingerprint density at radius 3 is 2.50 bits per heavy atom. The first-order valence-corrected chi connectivity index (χ1v) is 5.32. The number of aromatic hydroxyl groups is 1. The van der Waals surface area contributed by atoms with Crippen LogP contribution >= 0.6 is 0 Å². The van der Waals surface area contributed by atoms with Gasteiger partial charge < -0.3 is 14.9 Å². The predicted molar refractivity (Wildman–Crippen MR) is 67.1 cm³/mol. The molecule has 0 atom stereocenters. The molecule has 0 radical (unpaired) electrons. The van der Waals surface area contributed by atoms with Gasteiger partial charge in [0, 0.05) is 0 Å². The van der Waals surface area contributed by atoms with E-state index in [4.69, 9.17) is 9.84 Å². The van der Waals surface area contributed by atoms with Gasteiger partial charge in [-0.05, 0) is 35.4 Å². The molecule has 0 aromatic heterocycles. The first-order valence-electron chi connectivity index (χ1n) is 5.32. The molecule has 2 aromatic rings. The molecule has 0 spiro atoms. The van der Waals surface area contributed by atoms with Crippen LogP contribution in [0, 0.1) is 0 Å². The minimum atomic E-state index is -1.16. The van der Waals surface area contributed by atoms with E-state index >= 15 is 0 Å². The van der Waals surface area contributed by atoms with Gasteiger partial charge in [-0.15, -0.1) is 0 Å². The van der Waals surface area contributed by atoms with Gasteiger partial charge in [0.2, 0.25) is 0 Å². The molecule has 2 rings (SSSR count). The van der Waals surface area contributed by atoms with Crippen molar-refractivity contribution < 1.29 is 19.7 Å². The molecule has 0 bridgehead atoms. The van der Waals surface area contributed by atoms with Crippen LogP contribution < -0.4 is 4.74 Å². The third-order valence-electron chi connectivity index (χ3n) is 2.63. The Hall–Kier alpha value is -2.49. The largest absolute Gasteiger partial charge is 0.507 e. The molecule has 4 heteroatoms. The number of carboxylic acids is 1. The number of hydrogen-bond acceptors (Lipinski definition) is 3. The Bertz CT molecular complexity index is 590. The van der Waals surface area contributed by atoms with Crippen LogP contribution in [-0.4, -0.2) is 23.3 Å². The van der Waals surface area contributed by atoms with Crippen molar-refractivity contribution in [3.8, 4) is 22.6 Å². The summed E-state index contributed by atoms with van der Waals surface area (Å²) in [5.74, 6) is -0.705. The van der Waals surface area contributed by atoms with E-state index in [1.54, 1.807) is 19.2 Å². The molecule has 0 amide bonds. The second kappa shape index (κ2) is 4.79. The highest BCUT2D eigenvalue weighted by Crippen LogP contribution is 2.28. The number of phenols is 1. The summed E-state index contributed by atoms with van der Waals surface area (Å²) >= 11 is 0. The maximum atomic E-state index is 10.9. The molecule has 92 valence electrons. The van der Waals surface area contributed by atoms with E-state index < -0.39 is 5.97 Å². The average Bonchev–Trinajstić information content (AvgIpc) is 2.39. The number of benzene rings is 2. The molecule has 0 heterocycles. The van der Waals surface area contributed by atoms with Crippen molar-refractivity contribution >= 4 is 5.97 Å². The molecule has 18 heavy (non-hydrogen) atoms. The van der Waals surface area contributed by atoms with Crippen LogP contribution in [0.5, 0.6) is 11.5 Å². The van der Waals surface area contributed by atoms with Gasteiger partial charge in [0.1, 0.15) is 17.1 Å². The van der Waals surface area contributed by atoms with Crippen molar-refractivity contribution in [1.82, 2.24) is 0 Å². The molecule has 2 aromatic carbocycles. The summed E-state index contributed by atoms with van der Waals surface area (Å²) in [6.07, 6.45) is 0. The molecule has 0 fully saturated rings. The number of carboxylic acid groups (broad SMARTS) is 1. The topological polar surface area (TPSA) is 66.8 Å². The number of rotatable bonds is 3. The second-order valence-electron chi connectivity index (χ2n) is 3.77. The van der Waals surface area contributed by atoms with Crippen molar-refractivity contribution in [1.29, 1.82) is 0 Å². The summed E-state index contributed by atoms with van der Waals surface area (Å²) in [5.41, 5.74) is 1.43. The third kappa shape index (κ3) is 2.27. The summed E-state index contributed by atoms with van der Waals surface area (Å²) in [7, 11) is 1.57. The zero-order valence-electron chi connectivity index (χ0n) is 9.75. The number of aromatic carboxylic acids is 1. The number of carbonyl (C=O) groups is 1. The van der Waals surface area contributed by atoms with E-state index in [2.05, 4.69) is 0 Å². The molecule has 0 saturated carbocycles. The van der Waals surface area contributed by atoms with E-state index in [9.17, 15) is 9.90 Å². The lowest BCUT2D eigenvalue weighted by Crippen LogP contribution is -1.97. The highest BCUT2D eigenvalue weighted by molar-refractivity contribution is 5.92. The van der Waals surface area contributed by atoms with Crippen LogP contribution in [-0.2, 0) is 0 Å². The third-order valence-corrected chi connectivity index (χ3v) is 2.63. The summed E-state index contributed by atoms with van der Waals surface area (Å²) in [6, 6.07) is 11.8. The first kappa shape index (κ1) is 12.0. The van der Waals surface area contributed by atoms with E-state index in [1.165, 1.54) is 12.1 Å². The Morgan fingerprint density at radius 2 is 1.83 bits per heavy atom. The lowest BCUT2D eigenvalue weighted by molar-refractivity contribution is 0.0694. The van der Waals surface area contributed by atoms with Gasteiger partial charge in [0.05, 0.1) is 7.11 Å². The summed E-state index contributed by atoms with van der Waals surface area (Å²) in [6.45, 7) is 0. The smallest absolute Gasteiger partial charge is 0.339 e. The number of hydrogen-bond donors (Lipinski definition) is 2. The van der Waals surface area contributed by atoms with Crippen LogP contribution in [0.15, 0.2) is 42.5 Å². The van der Waals surface area contributed by atoms with E-state index in [0.29, 0.717) is 11.3 Å². The standard InChI is InChI=1S/C14H12O4/c1-18-11-4-2-3-9(7-11)10-5-6-13(15)12(8-10)14(16)17/h2-8,15H,1H3,(H,16,17). The predicted octanol–water partition coefficient (Wildman–Crippen LogP) is 2.77. The molecule has 4 nitrogen and oxygen atoms in total. The quantitative estimate of drug-likeness (QED) is 0.871. The fourth-order valence-corrected chi connectivity index (χ4v) is 1.69. The lowest BCUT2D eigenvalue weighted by atomic mass is 10.0. The Kier molecular flexibility index (Phi) is 3.19. The van der Waals surface area contributed by atoms with Crippen molar-refractivity contribution in [2.24, 2.45) is 0 Å². The Labute approximate surface area is 104 Å². The number of methoxy groups -OCH3 is 1. The zero-order chi connectivity index (χ0) is 13.1. The van der Waals surface area contributed by atoms with Gasteiger partial charge in [0.25, 0.3) is 0 Å². The van der Waals surface area contributed by atoms with Crippen molar-refractivity contribution in [3.05, 3.63) is 48.0 Å². The SMILES string of the molecule is COc1cccc(-c2ccc(O)c(C(=O)O)c2)c1. The molecular formula is C14H12O4. The highest BCUT2D eigenvalue weighted by atomic mass is 16.5. The minimum absolute atomic E-state index is 0.115. The molecule has 0 aliphatic rings. The number of ether oxygens (including phenoxy) is 1. The van der Waals surface area contributed by atoms with Crippen LogP contribution in [0.4, 0.5) is 0 Å². The Morgan fingerprint density at radius 1 is 1.11 bits per heavy atom. The van der Waals surface area contributed by atoms with Crippen LogP contribution in [0.1, 0.15) is 10.4 Å². The maximum Gasteiger partial charge on any atom is 0.339 e. The fourth-order valence-electron chi connectivity index (χ4n) is 1.69. The normalized spacial score (nSPS) is 10.1. The molecule has 0 saturated heterocycles. The zero-order valence-corrected chi connectivity index (χ0v) is 9.75. The van der Waals surface area contributed by atoms with E-state index in [1.807, 2.05) is 18.2 Å². The van der Waals surface area contributed by atoms with Crippen molar-refractivity contribution in [3.63, 3.8) is 0 Å². The van der Waals surface area contributed by atoms with Gasteiger partial charge in [-0.25, -0.2) is 4.79 Å². The molecule has 0 unspecified atom stereocenters. The summed E-state index contributed by atoms with van der Waals surface area (Å²) in [5, 5.41) is 18.4. The van der Waals surface area contributed by atoms with Crippen LogP contribution in [0.2, 0.25) is 0 Å². The van der Waals surface area contributed by atoms with Gasteiger partial charge >= 0.3 is 5.97 Å². The fraction of sp³-hybridized carbons (Fsp3) is 0.0714. The van der Waals surface area contributed by atoms with Crippen LogP contribution in [0.3, 0.4) is 0 Å².